The van der Waals surface area contributed by atoms with Crippen molar-refractivity contribution in [1.82, 2.24) is 0 Å². The highest BCUT2D eigenvalue weighted by Crippen LogP contribution is 2.47. The molecule has 8 bridgehead atoms. The molecular formula is C38H44N4O4. The molecule has 5 aliphatic heterocycles. The second-order valence-corrected chi connectivity index (χ2v) is 13.2. The van der Waals surface area contributed by atoms with Crippen molar-refractivity contribution < 1.29 is 19.4 Å². The fraction of sp³-hybridized carbons (Fsp3) is 0.474. The van der Waals surface area contributed by atoms with Gasteiger partial charge in [0, 0.05) is 47.1 Å². The van der Waals surface area contributed by atoms with E-state index in [1.165, 1.54) is 12.7 Å². The van der Waals surface area contributed by atoms with Crippen molar-refractivity contribution in [1.29, 1.82) is 0 Å². The van der Waals surface area contributed by atoms with Gasteiger partial charge in [0.1, 0.15) is 0 Å². The smallest absolute Gasteiger partial charge is 0.305 e. The SMILES string of the molecule is CCC1=C2C(=O)CC3=C4N=C(C(C)=C5N=C(C=C6N=C(C=C1N=C32)C([C@H](C)CC)=C6C)C([C@@H](C)O)=C5C)[C@@H](C)[C@@H]4CCC(=O)OC. The van der Waals surface area contributed by atoms with Crippen molar-refractivity contribution in [2.45, 2.75) is 93.6 Å². The van der Waals surface area contributed by atoms with Crippen LogP contribution in [0.4, 0.5) is 0 Å². The first-order valence-electron chi connectivity index (χ1n) is 16.6. The summed E-state index contributed by atoms with van der Waals surface area (Å²) < 4.78 is 5.00. The molecule has 8 heteroatoms. The maximum absolute atomic E-state index is 13.7. The number of aliphatic imine (C=N–C) groups is 4. The Kier molecular flexibility index (Phi) is 8.30. The minimum absolute atomic E-state index is 0.0358. The third-order valence-corrected chi connectivity index (χ3v) is 10.5. The predicted octanol–water partition coefficient (Wildman–Crippen LogP) is 7.06. The number of allylic oxidation sites excluding steroid dienone is 10. The zero-order chi connectivity index (χ0) is 33.2. The molecule has 0 aromatic carbocycles. The van der Waals surface area contributed by atoms with Gasteiger partial charge in [-0.3, -0.25) is 14.6 Å². The summed E-state index contributed by atoms with van der Waals surface area (Å²) in [5.41, 5.74) is 13.7. The molecule has 1 saturated carbocycles. The molecular weight excluding hydrogens is 576 g/mol. The third kappa shape index (κ3) is 4.93. The van der Waals surface area contributed by atoms with Gasteiger partial charge < -0.3 is 9.84 Å². The maximum atomic E-state index is 13.7. The van der Waals surface area contributed by atoms with Crippen LogP contribution in [-0.2, 0) is 14.3 Å². The molecule has 0 amide bonds. The molecule has 0 aromatic heterocycles. The average Bonchev–Trinajstić information content (AvgIpc) is 3.79. The first kappa shape index (κ1) is 31.9. The number of Topliss-reactive ketones (excluding diaryl/α,β-unsaturated/α-hetero) is 1. The fourth-order valence-electron chi connectivity index (χ4n) is 7.92. The van der Waals surface area contributed by atoms with E-state index in [2.05, 4.69) is 34.6 Å². The van der Waals surface area contributed by atoms with Gasteiger partial charge in [-0.15, -0.1) is 0 Å². The molecule has 5 heterocycles. The van der Waals surface area contributed by atoms with Crippen LogP contribution in [0.15, 0.2) is 99.5 Å². The second-order valence-electron chi connectivity index (χ2n) is 13.2. The van der Waals surface area contributed by atoms with Gasteiger partial charge in [-0.2, -0.15) is 0 Å². The summed E-state index contributed by atoms with van der Waals surface area (Å²) in [5, 5.41) is 11.0. The number of methoxy groups -OCH3 is 1. The number of ketones is 1. The largest absolute Gasteiger partial charge is 0.469 e. The van der Waals surface area contributed by atoms with Gasteiger partial charge >= 0.3 is 5.97 Å². The number of rotatable bonds is 7. The van der Waals surface area contributed by atoms with Gasteiger partial charge in [0.05, 0.1) is 53.1 Å². The Bertz CT molecular complexity index is 1830. The van der Waals surface area contributed by atoms with E-state index >= 15 is 0 Å². The molecule has 4 atom stereocenters. The number of hydrogen-bond acceptors (Lipinski definition) is 8. The molecule has 0 radical (unpaired) electrons. The second kappa shape index (κ2) is 12.0. The molecule has 0 spiro atoms. The number of aliphatic hydroxyl groups excluding tert-OH is 1. The minimum atomic E-state index is -0.729. The first-order chi connectivity index (χ1) is 21.9. The van der Waals surface area contributed by atoms with Crippen molar-refractivity contribution in [2.24, 2.45) is 37.7 Å². The van der Waals surface area contributed by atoms with Crippen LogP contribution >= 0.6 is 0 Å². The van der Waals surface area contributed by atoms with Crippen molar-refractivity contribution in [2.75, 3.05) is 7.11 Å². The van der Waals surface area contributed by atoms with E-state index in [1.54, 1.807) is 6.92 Å². The molecule has 0 aromatic rings. The summed E-state index contributed by atoms with van der Waals surface area (Å²) >= 11 is 0. The Morgan fingerprint density at radius 1 is 0.978 bits per heavy atom. The summed E-state index contributed by atoms with van der Waals surface area (Å²) in [6.45, 7) is 16.5. The number of carbonyl (C=O) groups excluding carboxylic acids is 2. The minimum Gasteiger partial charge on any atom is -0.469 e. The number of ether oxygens (including phenoxy) is 1. The summed E-state index contributed by atoms with van der Waals surface area (Å²) in [7, 11) is 1.41. The van der Waals surface area contributed by atoms with Crippen molar-refractivity contribution >= 4 is 34.6 Å². The van der Waals surface area contributed by atoms with Crippen LogP contribution in [0.25, 0.3) is 0 Å². The van der Waals surface area contributed by atoms with Crippen molar-refractivity contribution in [3.63, 3.8) is 0 Å². The molecule has 1 aliphatic carbocycles. The Labute approximate surface area is 271 Å². The van der Waals surface area contributed by atoms with Crippen LogP contribution in [-0.4, -0.2) is 52.9 Å². The molecule has 1 fully saturated rings. The Balaban J connectivity index is 1.67. The molecule has 240 valence electrons. The quantitative estimate of drug-likeness (QED) is 0.307. The lowest BCUT2D eigenvalue weighted by Crippen LogP contribution is -2.19. The van der Waals surface area contributed by atoms with Crippen LogP contribution in [0.1, 0.15) is 87.5 Å². The van der Waals surface area contributed by atoms with Crippen molar-refractivity contribution in [3.8, 4) is 0 Å². The molecule has 46 heavy (non-hydrogen) atoms. The van der Waals surface area contributed by atoms with Gasteiger partial charge in [0.15, 0.2) is 5.78 Å². The van der Waals surface area contributed by atoms with Crippen LogP contribution < -0.4 is 0 Å². The standard InChI is InChI=1S/C38H44N4O4/c1-10-17(3)32-19(5)26-15-29-33(22(8)43)20(6)36(41-29)21(7)35-18(4)24(12-13-31(45)46-9)37(42-35)25-14-30(44)34-23(11-2)27(40-38(25)34)16-28(32)39-26/h15-18,22,24,43H,10-14H2,1-9H3/t17-,18+,22-,24+/m1/s1. The molecule has 0 unspecified atom stereocenters. The van der Waals surface area contributed by atoms with Gasteiger partial charge in [0.2, 0.25) is 0 Å². The fourth-order valence-corrected chi connectivity index (χ4v) is 7.92. The summed E-state index contributed by atoms with van der Waals surface area (Å²) in [4.78, 5) is 46.8. The monoisotopic (exact) mass is 620 g/mol. The number of esters is 1. The highest BCUT2D eigenvalue weighted by molar-refractivity contribution is 6.38. The van der Waals surface area contributed by atoms with Crippen molar-refractivity contribution in [3.05, 3.63) is 79.5 Å². The van der Waals surface area contributed by atoms with Gasteiger partial charge in [0.25, 0.3) is 0 Å². The van der Waals surface area contributed by atoms with Crippen LogP contribution in [0.2, 0.25) is 0 Å². The molecule has 1 N–H and O–H groups in total. The Morgan fingerprint density at radius 3 is 2.33 bits per heavy atom. The molecule has 6 aliphatic rings. The first-order valence-corrected chi connectivity index (χ1v) is 16.6. The highest BCUT2D eigenvalue weighted by Gasteiger charge is 2.43. The number of fused-ring (bicyclic) bond motifs is 4. The zero-order valence-electron chi connectivity index (χ0n) is 28.5. The maximum Gasteiger partial charge on any atom is 0.305 e. The van der Waals surface area contributed by atoms with Gasteiger partial charge in [-0.25, -0.2) is 15.0 Å². The number of carbonyl (C=O) groups is 2. The number of hydrogen-bond donors (Lipinski definition) is 1. The predicted molar refractivity (Wildman–Crippen MR) is 183 cm³/mol. The average molecular weight is 621 g/mol. The lowest BCUT2D eigenvalue weighted by atomic mass is 9.83. The van der Waals surface area contributed by atoms with E-state index in [4.69, 9.17) is 24.7 Å². The van der Waals surface area contributed by atoms with Crippen LogP contribution in [0, 0.1) is 17.8 Å². The zero-order valence-corrected chi connectivity index (χ0v) is 28.5. The molecule has 6 rings (SSSR count). The molecule has 0 saturated heterocycles. The normalized spacial score (nSPS) is 25.3. The highest BCUT2D eigenvalue weighted by atomic mass is 16.5. The summed E-state index contributed by atoms with van der Waals surface area (Å²) in [6, 6.07) is 0. The van der Waals surface area contributed by atoms with E-state index in [0.717, 1.165) is 79.8 Å². The molecule has 8 nitrogen and oxygen atoms in total. The van der Waals surface area contributed by atoms with Gasteiger partial charge in [-0.1, -0.05) is 27.7 Å². The van der Waals surface area contributed by atoms with E-state index in [9.17, 15) is 14.7 Å². The van der Waals surface area contributed by atoms with Crippen LogP contribution in [0.5, 0.6) is 0 Å². The van der Waals surface area contributed by atoms with E-state index in [1.807, 2.05) is 26.0 Å². The number of aliphatic hydroxyl groups is 1. The Hall–Kier alpha value is -4.04. The lowest BCUT2D eigenvalue weighted by molar-refractivity contribution is -0.140. The van der Waals surface area contributed by atoms with Gasteiger partial charge in [-0.05, 0) is 92.9 Å². The lowest BCUT2D eigenvalue weighted by Gasteiger charge is -2.19. The van der Waals surface area contributed by atoms with E-state index in [0.29, 0.717) is 24.1 Å². The van der Waals surface area contributed by atoms with E-state index in [-0.39, 0.29) is 42.3 Å². The summed E-state index contributed by atoms with van der Waals surface area (Å²) in [6.07, 6.45) is 5.97. The third-order valence-electron chi connectivity index (χ3n) is 10.5. The van der Waals surface area contributed by atoms with E-state index < -0.39 is 6.10 Å². The van der Waals surface area contributed by atoms with Crippen LogP contribution in [0.3, 0.4) is 0 Å². The summed E-state index contributed by atoms with van der Waals surface area (Å²) in [5.74, 6) is -0.0825. The Morgan fingerprint density at radius 2 is 1.67 bits per heavy atom. The number of nitrogens with zero attached hydrogens (tertiary/aromatic N) is 4. The topological polar surface area (TPSA) is 113 Å².